The molecule has 0 spiro atoms. The first kappa shape index (κ1) is 10.5. The molecule has 2 rings (SSSR count). The molecule has 0 N–H and O–H groups in total. The van der Waals surface area contributed by atoms with Gasteiger partial charge in [0.2, 0.25) is 9.76 Å². The van der Waals surface area contributed by atoms with E-state index in [1.165, 1.54) is 30.0 Å². The smallest absolute Gasteiger partial charge is 0.219 e. The summed E-state index contributed by atoms with van der Waals surface area (Å²) in [5.74, 6) is 1.07. The molecular weight excluding hydrogens is 200 g/mol. The lowest BCUT2D eigenvalue weighted by Crippen LogP contribution is -1.97. The summed E-state index contributed by atoms with van der Waals surface area (Å²) in [6.45, 7) is 2.23. The van der Waals surface area contributed by atoms with Gasteiger partial charge in [0.25, 0.3) is 0 Å². The molecule has 1 aliphatic carbocycles. The molecule has 0 amide bonds. The summed E-state index contributed by atoms with van der Waals surface area (Å²) in [6, 6.07) is 9.70. The number of rotatable bonds is 5. The van der Waals surface area contributed by atoms with Crippen LogP contribution in [-0.2, 0) is 4.43 Å². The maximum Gasteiger partial charge on any atom is 0.219 e. The van der Waals surface area contributed by atoms with Gasteiger partial charge in [-0.3, -0.25) is 0 Å². The number of hydrogen-bond donors (Lipinski definition) is 0. The Balaban J connectivity index is 1.83. The van der Waals surface area contributed by atoms with Crippen LogP contribution in [0.15, 0.2) is 30.0 Å². The second-order valence-corrected chi connectivity index (χ2v) is 5.28. The lowest BCUT2D eigenvalue weighted by molar-refractivity contribution is 0.469. The largest absolute Gasteiger partial charge is 0.552 e. The average Bonchev–Trinajstić information content (AvgIpc) is 2.67. The highest BCUT2D eigenvalue weighted by atomic mass is 28.2. The minimum Gasteiger partial charge on any atom is -0.552 e. The van der Waals surface area contributed by atoms with E-state index < -0.39 is 0 Å². The Morgan fingerprint density at radius 2 is 2.00 bits per heavy atom. The Bertz CT molecular complexity index is 357. The van der Waals surface area contributed by atoms with Gasteiger partial charge in [-0.2, -0.15) is 0 Å². The van der Waals surface area contributed by atoms with E-state index in [9.17, 15) is 0 Å². The molecule has 1 aromatic carbocycles. The quantitative estimate of drug-likeness (QED) is 0.544. The molecule has 0 unspecified atom stereocenters. The van der Waals surface area contributed by atoms with Gasteiger partial charge < -0.3 is 4.43 Å². The van der Waals surface area contributed by atoms with Crippen molar-refractivity contribution in [2.75, 3.05) is 0 Å². The predicted octanol–water partition coefficient (Wildman–Crippen LogP) is 2.91. The summed E-state index contributed by atoms with van der Waals surface area (Å²) in [4.78, 5) is 0. The van der Waals surface area contributed by atoms with Gasteiger partial charge in [0.1, 0.15) is 0 Å². The van der Waals surface area contributed by atoms with Gasteiger partial charge in [-0.15, -0.1) is 0 Å². The van der Waals surface area contributed by atoms with E-state index in [-0.39, 0.29) is 9.76 Å². The lowest BCUT2D eigenvalue weighted by atomic mass is 10.1. The third-order valence-corrected chi connectivity index (χ3v) is 3.93. The summed E-state index contributed by atoms with van der Waals surface area (Å²) in [5, 5.41) is 0. The van der Waals surface area contributed by atoms with E-state index >= 15 is 0 Å². The minimum atomic E-state index is -0.344. The standard InChI is InChI=1S/C13H17OSi/c1-2-3-8-15-14-13-9-11-6-4-5-7-12(11)10-13/h4-7,9-10H,2-3,8,15H2,1H3. The summed E-state index contributed by atoms with van der Waals surface area (Å²) >= 11 is 0. The van der Waals surface area contributed by atoms with Crippen molar-refractivity contribution < 1.29 is 4.43 Å². The number of fused-ring (bicyclic) bond motifs is 1. The molecule has 0 bridgehead atoms. The maximum absolute atomic E-state index is 5.83. The highest BCUT2D eigenvalue weighted by Crippen LogP contribution is 2.26. The molecule has 0 aliphatic heterocycles. The Kier molecular flexibility index (Phi) is 3.62. The third-order valence-electron chi connectivity index (χ3n) is 2.61. The highest BCUT2D eigenvalue weighted by molar-refractivity contribution is 6.27. The van der Waals surface area contributed by atoms with Crippen molar-refractivity contribution in [2.45, 2.75) is 25.8 Å². The monoisotopic (exact) mass is 217 g/mol. The van der Waals surface area contributed by atoms with Crippen molar-refractivity contribution in [3.8, 4) is 0 Å². The molecule has 15 heavy (non-hydrogen) atoms. The van der Waals surface area contributed by atoms with Crippen molar-refractivity contribution >= 4 is 15.8 Å². The second-order valence-electron chi connectivity index (χ2n) is 3.88. The van der Waals surface area contributed by atoms with Crippen molar-refractivity contribution in [2.24, 2.45) is 0 Å². The Labute approximate surface area is 94.1 Å². The molecule has 1 aromatic rings. The molecule has 2 heteroatoms. The van der Waals surface area contributed by atoms with Crippen LogP contribution in [0.5, 0.6) is 0 Å². The van der Waals surface area contributed by atoms with Crippen LogP contribution in [0.1, 0.15) is 30.9 Å². The summed E-state index contributed by atoms with van der Waals surface area (Å²) < 4.78 is 5.83. The maximum atomic E-state index is 5.83. The molecule has 0 atom stereocenters. The first-order chi connectivity index (χ1) is 7.40. The van der Waals surface area contributed by atoms with Crippen LogP contribution in [0.25, 0.3) is 6.08 Å². The van der Waals surface area contributed by atoms with Crippen LogP contribution in [-0.4, -0.2) is 9.76 Å². The zero-order valence-electron chi connectivity index (χ0n) is 9.20. The minimum absolute atomic E-state index is 0.344. The van der Waals surface area contributed by atoms with E-state index in [4.69, 9.17) is 4.43 Å². The molecule has 0 heterocycles. The fourth-order valence-corrected chi connectivity index (χ4v) is 3.00. The van der Waals surface area contributed by atoms with Gasteiger partial charge >= 0.3 is 0 Å². The zero-order chi connectivity index (χ0) is 10.5. The summed E-state index contributed by atoms with van der Waals surface area (Å²) in [6.07, 6.45) is 6.88. The van der Waals surface area contributed by atoms with Gasteiger partial charge in [-0.25, -0.2) is 0 Å². The molecule has 0 aromatic heterocycles. The zero-order valence-corrected chi connectivity index (χ0v) is 10.6. The predicted molar refractivity (Wildman–Crippen MR) is 67.2 cm³/mol. The molecule has 1 radical (unpaired) electrons. The lowest BCUT2D eigenvalue weighted by Gasteiger charge is -2.05. The Morgan fingerprint density at radius 1 is 1.20 bits per heavy atom. The van der Waals surface area contributed by atoms with Gasteiger partial charge in [0.15, 0.2) is 0 Å². The van der Waals surface area contributed by atoms with Crippen molar-refractivity contribution in [1.29, 1.82) is 0 Å². The average molecular weight is 217 g/mol. The van der Waals surface area contributed by atoms with Crippen LogP contribution in [0, 0.1) is 6.42 Å². The number of unbranched alkanes of at least 4 members (excludes halogenated alkanes) is 1. The van der Waals surface area contributed by atoms with Gasteiger partial charge in [0, 0.05) is 0 Å². The van der Waals surface area contributed by atoms with Gasteiger partial charge in [-0.1, -0.05) is 44.0 Å². The number of allylic oxidation sites excluding steroid dienone is 1. The third kappa shape index (κ3) is 2.72. The number of hydrogen-bond acceptors (Lipinski definition) is 1. The summed E-state index contributed by atoms with van der Waals surface area (Å²) in [5.41, 5.74) is 2.58. The van der Waals surface area contributed by atoms with E-state index in [0.29, 0.717) is 0 Å². The normalized spacial score (nSPS) is 14.3. The van der Waals surface area contributed by atoms with Gasteiger partial charge in [0.05, 0.1) is 12.2 Å². The second kappa shape index (κ2) is 5.17. The van der Waals surface area contributed by atoms with Crippen LogP contribution >= 0.6 is 0 Å². The van der Waals surface area contributed by atoms with Crippen LogP contribution in [0.2, 0.25) is 6.04 Å². The van der Waals surface area contributed by atoms with Crippen molar-refractivity contribution in [3.63, 3.8) is 0 Å². The Hall–Kier alpha value is -1.02. The van der Waals surface area contributed by atoms with Crippen LogP contribution in [0.3, 0.4) is 0 Å². The molecule has 1 aliphatic rings. The van der Waals surface area contributed by atoms with E-state index in [2.05, 4.69) is 43.7 Å². The van der Waals surface area contributed by atoms with Gasteiger partial charge in [-0.05, 0) is 23.2 Å². The van der Waals surface area contributed by atoms with E-state index in [1.807, 2.05) is 0 Å². The molecule has 0 saturated heterocycles. The van der Waals surface area contributed by atoms with E-state index in [1.54, 1.807) is 0 Å². The van der Waals surface area contributed by atoms with Crippen molar-refractivity contribution in [1.82, 2.24) is 0 Å². The van der Waals surface area contributed by atoms with Crippen LogP contribution in [0.4, 0.5) is 0 Å². The molecule has 0 saturated carbocycles. The first-order valence-corrected chi connectivity index (χ1v) is 7.26. The number of benzene rings is 1. The van der Waals surface area contributed by atoms with Crippen LogP contribution < -0.4 is 0 Å². The summed E-state index contributed by atoms with van der Waals surface area (Å²) in [7, 11) is -0.344. The van der Waals surface area contributed by atoms with E-state index in [0.717, 1.165) is 5.76 Å². The molecule has 0 fully saturated rings. The fraction of sp³-hybridized carbons (Fsp3) is 0.308. The molecular formula is C13H17OSi. The highest BCUT2D eigenvalue weighted by Gasteiger charge is 2.12. The SMILES string of the molecule is CCCC[SiH2]OC1=Cc2ccccc2[CH]1. The fourth-order valence-electron chi connectivity index (χ4n) is 1.75. The molecule has 1 nitrogen and oxygen atoms in total. The van der Waals surface area contributed by atoms with Crippen molar-refractivity contribution in [3.05, 3.63) is 47.6 Å². The Morgan fingerprint density at radius 3 is 2.73 bits per heavy atom. The molecule has 79 valence electrons. The first-order valence-electron chi connectivity index (χ1n) is 5.68. The topological polar surface area (TPSA) is 9.23 Å².